The molecule has 5 nitrogen and oxygen atoms in total. The fourth-order valence-corrected chi connectivity index (χ4v) is 4.42. The number of aliphatic carboxylic acids is 1. The molecular weight excluding hydrogens is 346 g/mol. The largest absolute Gasteiger partial charge is 0.481 e. The first-order valence-electron chi connectivity index (χ1n) is 9.05. The summed E-state index contributed by atoms with van der Waals surface area (Å²) in [7, 11) is 0. The second-order valence-corrected chi connectivity index (χ2v) is 9.49. The van der Waals surface area contributed by atoms with Crippen molar-refractivity contribution in [3.05, 3.63) is 35.0 Å². The highest BCUT2D eigenvalue weighted by molar-refractivity contribution is 7.14. The van der Waals surface area contributed by atoms with Gasteiger partial charge in [0.05, 0.1) is 11.6 Å². The molecule has 3 rings (SSSR count). The minimum absolute atomic E-state index is 0.108. The van der Waals surface area contributed by atoms with Crippen molar-refractivity contribution in [2.24, 2.45) is 17.3 Å². The summed E-state index contributed by atoms with van der Waals surface area (Å²) in [5.74, 6) is -0.597. The highest BCUT2D eigenvalue weighted by Crippen LogP contribution is 2.36. The number of carboxylic acids is 1. The van der Waals surface area contributed by atoms with Gasteiger partial charge in [0, 0.05) is 36.9 Å². The summed E-state index contributed by atoms with van der Waals surface area (Å²) in [6.07, 6.45) is 4.47. The first-order chi connectivity index (χ1) is 12.2. The summed E-state index contributed by atoms with van der Waals surface area (Å²) in [5, 5.41) is 10.5. The van der Waals surface area contributed by atoms with Crippen LogP contribution in [-0.4, -0.2) is 39.0 Å². The summed E-state index contributed by atoms with van der Waals surface area (Å²) in [6.45, 7) is 10.9. The van der Waals surface area contributed by atoms with E-state index in [0.29, 0.717) is 12.5 Å². The van der Waals surface area contributed by atoms with Gasteiger partial charge < -0.3 is 5.11 Å². The Morgan fingerprint density at radius 1 is 1.35 bits per heavy atom. The number of carbonyl (C=O) groups is 1. The van der Waals surface area contributed by atoms with Gasteiger partial charge in [-0.1, -0.05) is 20.8 Å². The molecule has 1 aliphatic heterocycles. The normalized spacial score (nSPS) is 21.7. The topological polar surface area (TPSA) is 66.3 Å². The number of thiazole rings is 1. The van der Waals surface area contributed by atoms with E-state index in [1.807, 2.05) is 31.5 Å². The number of nitrogens with zero attached hydrogens (tertiary/aromatic N) is 3. The van der Waals surface area contributed by atoms with E-state index >= 15 is 0 Å². The van der Waals surface area contributed by atoms with Crippen LogP contribution in [0.5, 0.6) is 0 Å². The highest BCUT2D eigenvalue weighted by atomic mass is 32.1. The number of carboxylic acid groups (broad SMARTS) is 1. The van der Waals surface area contributed by atoms with E-state index < -0.39 is 5.97 Å². The molecule has 6 heteroatoms. The number of piperidine rings is 1. The second kappa shape index (κ2) is 7.45. The van der Waals surface area contributed by atoms with Crippen LogP contribution in [0, 0.1) is 24.2 Å². The molecule has 1 aliphatic rings. The Labute approximate surface area is 159 Å². The van der Waals surface area contributed by atoms with Crippen LogP contribution < -0.4 is 0 Å². The molecule has 2 aromatic rings. The number of hydrogen-bond acceptors (Lipinski definition) is 5. The molecule has 0 aliphatic carbocycles. The van der Waals surface area contributed by atoms with E-state index in [4.69, 9.17) is 0 Å². The molecule has 3 heterocycles. The molecule has 2 aromatic heterocycles. The van der Waals surface area contributed by atoms with Crippen molar-refractivity contribution in [3.8, 4) is 10.7 Å². The van der Waals surface area contributed by atoms with Crippen LogP contribution in [0.15, 0.2) is 24.5 Å². The van der Waals surface area contributed by atoms with Crippen LogP contribution in [0.1, 0.15) is 37.6 Å². The molecule has 140 valence electrons. The number of rotatable bonds is 4. The van der Waals surface area contributed by atoms with Crippen molar-refractivity contribution in [2.45, 2.75) is 40.7 Å². The lowest BCUT2D eigenvalue weighted by Gasteiger charge is -2.42. The fraction of sp³-hybridized carbons (Fsp3) is 0.550. The van der Waals surface area contributed by atoms with Gasteiger partial charge in [0.2, 0.25) is 0 Å². The van der Waals surface area contributed by atoms with Crippen molar-refractivity contribution < 1.29 is 9.90 Å². The van der Waals surface area contributed by atoms with E-state index in [-0.39, 0.29) is 11.3 Å². The zero-order valence-electron chi connectivity index (χ0n) is 15.9. The number of pyridine rings is 1. The molecule has 1 saturated heterocycles. The summed E-state index contributed by atoms with van der Waals surface area (Å²) in [4.78, 5) is 24.0. The minimum atomic E-state index is -0.682. The second-order valence-electron chi connectivity index (χ2n) is 8.38. The zero-order chi connectivity index (χ0) is 18.9. The smallest absolute Gasteiger partial charge is 0.307 e. The van der Waals surface area contributed by atoms with Gasteiger partial charge in [0.25, 0.3) is 0 Å². The van der Waals surface area contributed by atoms with Crippen molar-refractivity contribution in [3.63, 3.8) is 0 Å². The maximum atomic E-state index is 11.6. The average molecular weight is 374 g/mol. The molecule has 0 amide bonds. The van der Waals surface area contributed by atoms with Gasteiger partial charge >= 0.3 is 5.97 Å². The van der Waals surface area contributed by atoms with Gasteiger partial charge in [-0.05, 0) is 42.4 Å². The molecule has 1 N–H and O–H groups in total. The summed E-state index contributed by atoms with van der Waals surface area (Å²) < 4.78 is 0. The molecule has 0 radical (unpaired) electrons. The predicted molar refractivity (Wildman–Crippen MR) is 104 cm³/mol. The molecule has 0 saturated carbocycles. The molecule has 2 unspecified atom stereocenters. The third-order valence-corrected chi connectivity index (χ3v) is 6.17. The van der Waals surface area contributed by atoms with Crippen LogP contribution in [0.3, 0.4) is 0 Å². The van der Waals surface area contributed by atoms with Gasteiger partial charge in [0.1, 0.15) is 5.01 Å². The van der Waals surface area contributed by atoms with E-state index in [1.165, 1.54) is 5.56 Å². The van der Waals surface area contributed by atoms with Gasteiger partial charge in [-0.25, -0.2) is 4.98 Å². The molecule has 1 fully saturated rings. The monoisotopic (exact) mass is 373 g/mol. The van der Waals surface area contributed by atoms with Crippen molar-refractivity contribution in [2.75, 3.05) is 13.1 Å². The zero-order valence-corrected chi connectivity index (χ0v) is 16.7. The van der Waals surface area contributed by atoms with Crippen LogP contribution in [0.4, 0.5) is 0 Å². The van der Waals surface area contributed by atoms with E-state index in [2.05, 4.69) is 35.6 Å². The Balaban J connectivity index is 1.74. The van der Waals surface area contributed by atoms with Crippen molar-refractivity contribution in [1.29, 1.82) is 0 Å². The summed E-state index contributed by atoms with van der Waals surface area (Å²) in [6, 6.07) is 4.02. The van der Waals surface area contributed by atoms with Gasteiger partial charge in [0.15, 0.2) is 0 Å². The average Bonchev–Trinajstić information content (AvgIpc) is 3.02. The minimum Gasteiger partial charge on any atom is -0.481 e. The Kier molecular flexibility index (Phi) is 5.44. The van der Waals surface area contributed by atoms with Crippen LogP contribution in [0.25, 0.3) is 10.7 Å². The van der Waals surface area contributed by atoms with Crippen molar-refractivity contribution in [1.82, 2.24) is 14.9 Å². The number of likely N-dealkylation sites (tertiary alicyclic amines) is 1. The van der Waals surface area contributed by atoms with Gasteiger partial charge in [-0.3, -0.25) is 14.7 Å². The standard InChI is InChI=1S/C20H27N3O2S/c1-13-5-6-21-17(7-13)18-22-9-16(26-18)12-23-10-14(19(24)25)8-15(11-23)20(2,3)4/h5-7,9,14-15H,8,10-12H2,1-4H3,(H,24,25). The Bertz CT molecular complexity index is 781. The SMILES string of the molecule is Cc1ccnc(-c2ncc(CN3CC(C(=O)O)CC(C(C)(C)C)C3)s2)c1. The third-order valence-electron chi connectivity index (χ3n) is 5.17. The maximum absolute atomic E-state index is 11.6. The molecule has 0 spiro atoms. The van der Waals surface area contributed by atoms with Gasteiger partial charge in [-0.15, -0.1) is 11.3 Å². The molecule has 2 atom stereocenters. The quantitative estimate of drug-likeness (QED) is 0.875. The number of hydrogen-bond donors (Lipinski definition) is 1. The molecule has 0 aromatic carbocycles. The fourth-order valence-electron chi connectivity index (χ4n) is 3.50. The lowest BCUT2D eigenvalue weighted by atomic mass is 9.73. The maximum Gasteiger partial charge on any atom is 0.307 e. The highest BCUT2D eigenvalue weighted by Gasteiger charge is 2.37. The Morgan fingerprint density at radius 2 is 2.12 bits per heavy atom. The third kappa shape index (κ3) is 4.48. The predicted octanol–water partition coefficient (Wildman–Crippen LogP) is 4.08. The Hall–Kier alpha value is -1.79. The molecular formula is C20H27N3O2S. The number of aromatic nitrogens is 2. The first kappa shape index (κ1) is 19.0. The van der Waals surface area contributed by atoms with Crippen LogP contribution >= 0.6 is 11.3 Å². The van der Waals surface area contributed by atoms with E-state index in [9.17, 15) is 9.90 Å². The molecule has 0 bridgehead atoms. The Morgan fingerprint density at radius 3 is 2.77 bits per heavy atom. The van der Waals surface area contributed by atoms with Crippen molar-refractivity contribution >= 4 is 17.3 Å². The van der Waals surface area contributed by atoms with E-state index in [1.54, 1.807) is 11.3 Å². The summed E-state index contributed by atoms with van der Waals surface area (Å²) in [5.41, 5.74) is 2.17. The van der Waals surface area contributed by atoms with Crippen LogP contribution in [-0.2, 0) is 11.3 Å². The van der Waals surface area contributed by atoms with Gasteiger partial charge in [-0.2, -0.15) is 0 Å². The number of aryl methyl sites for hydroxylation is 1. The first-order valence-corrected chi connectivity index (χ1v) is 9.87. The summed E-state index contributed by atoms with van der Waals surface area (Å²) >= 11 is 1.64. The van der Waals surface area contributed by atoms with E-state index in [0.717, 1.165) is 35.1 Å². The lowest BCUT2D eigenvalue weighted by Crippen LogP contribution is -2.46. The van der Waals surface area contributed by atoms with Crippen LogP contribution in [0.2, 0.25) is 0 Å². The lowest BCUT2D eigenvalue weighted by molar-refractivity contribution is -0.145. The molecule has 26 heavy (non-hydrogen) atoms.